The van der Waals surface area contributed by atoms with E-state index in [4.69, 9.17) is 0 Å². The molecule has 3 amide bonds. The summed E-state index contributed by atoms with van der Waals surface area (Å²) in [6, 6.07) is 1.76. The number of carbonyl (C=O) groups is 2. The van der Waals surface area contributed by atoms with Crippen LogP contribution in [-0.4, -0.2) is 36.7 Å². The van der Waals surface area contributed by atoms with Crippen molar-refractivity contribution in [2.45, 2.75) is 19.9 Å². The molecule has 0 fully saturated rings. The Morgan fingerprint density at radius 1 is 1.03 bits per heavy atom. The van der Waals surface area contributed by atoms with Crippen LogP contribution in [0.3, 0.4) is 0 Å². The molecule has 3 aromatic rings. The largest absolute Gasteiger partial charge is 0.328 e. The fraction of sp³-hybridized carbons (Fsp3) is 0.176. The Labute approximate surface area is 163 Å². The van der Waals surface area contributed by atoms with Crippen LogP contribution in [0.2, 0.25) is 0 Å². The number of nitrogens with zero attached hydrogens (tertiary/aromatic N) is 5. The van der Waals surface area contributed by atoms with Crippen LogP contribution in [-0.2, 0) is 4.79 Å². The zero-order chi connectivity index (χ0) is 21.0. The molecule has 0 aliphatic heterocycles. The van der Waals surface area contributed by atoms with E-state index >= 15 is 0 Å². The number of urea groups is 1. The van der Waals surface area contributed by atoms with Gasteiger partial charge in [0.1, 0.15) is 18.0 Å². The van der Waals surface area contributed by atoms with E-state index in [1.165, 1.54) is 30.3 Å². The third-order valence-electron chi connectivity index (χ3n) is 3.67. The number of anilines is 2. The van der Waals surface area contributed by atoms with E-state index in [0.717, 1.165) is 6.07 Å². The maximum absolute atomic E-state index is 14.0. The molecule has 0 aliphatic carbocycles. The lowest BCUT2D eigenvalue weighted by Crippen LogP contribution is -2.33. The highest BCUT2D eigenvalue weighted by molar-refractivity contribution is 5.92. The molecule has 3 rings (SSSR count). The molecule has 0 spiro atoms. The second-order valence-corrected chi connectivity index (χ2v) is 5.89. The van der Waals surface area contributed by atoms with E-state index in [2.05, 4.69) is 36.0 Å². The summed E-state index contributed by atoms with van der Waals surface area (Å²) in [5.41, 5.74) is -0.573. The van der Waals surface area contributed by atoms with Gasteiger partial charge < -0.3 is 16.0 Å². The Morgan fingerprint density at radius 2 is 1.69 bits per heavy atom. The fourth-order valence-electron chi connectivity index (χ4n) is 2.45. The van der Waals surface area contributed by atoms with Crippen LogP contribution in [0.5, 0.6) is 0 Å². The first-order valence-corrected chi connectivity index (χ1v) is 8.36. The normalized spacial score (nSPS) is 11.6. The van der Waals surface area contributed by atoms with Crippen LogP contribution in [0.4, 0.5) is 25.0 Å². The van der Waals surface area contributed by atoms with Crippen molar-refractivity contribution < 1.29 is 18.4 Å². The number of rotatable bonds is 5. The summed E-state index contributed by atoms with van der Waals surface area (Å²) >= 11 is 0. The van der Waals surface area contributed by atoms with Crippen molar-refractivity contribution in [3.05, 3.63) is 54.4 Å². The Kier molecular flexibility index (Phi) is 5.71. The monoisotopic (exact) mass is 402 g/mol. The maximum atomic E-state index is 14.0. The molecule has 29 heavy (non-hydrogen) atoms. The molecule has 0 bridgehead atoms. The molecule has 12 heteroatoms. The van der Waals surface area contributed by atoms with Crippen molar-refractivity contribution >= 4 is 23.3 Å². The van der Waals surface area contributed by atoms with Gasteiger partial charge in [-0.05, 0) is 19.1 Å². The summed E-state index contributed by atoms with van der Waals surface area (Å²) in [6.45, 7) is 2.81. The molecule has 2 aromatic heterocycles. The standard InChI is InChI=1S/C17H16F2N8O2/c1-9(15-22-8-23-27(15)16-20-4-3-5-21-16)24-17(29)26-14-7-13(25-10(2)28)11(18)6-12(14)19/h3-9H,1-2H3,(H,25,28)(H2,24,26,29)/t9-/m0/s1. The number of hydrogen-bond acceptors (Lipinski definition) is 6. The smallest absolute Gasteiger partial charge is 0.319 e. The van der Waals surface area contributed by atoms with Gasteiger partial charge >= 0.3 is 6.03 Å². The van der Waals surface area contributed by atoms with Crippen molar-refractivity contribution in [3.8, 4) is 5.95 Å². The highest BCUT2D eigenvalue weighted by atomic mass is 19.1. The number of halogens is 2. The first-order chi connectivity index (χ1) is 13.8. The molecule has 0 saturated carbocycles. The number of hydrogen-bond donors (Lipinski definition) is 3. The minimum atomic E-state index is -1.000. The van der Waals surface area contributed by atoms with Gasteiger partial charge in [0.2, 0.25) is 5.91 Å². The molecule has 1 aromatic carbocycles. The van der Waals surface area contributed by atoms with Gasteiger partial charge in [-0.2, -0.15) is 9.78 Å². The zero-order valence-corrected chi connectivity index (χ0v) is 15.3. The molecule has 2 heterocycles. The van der Waals surface area contributed by atoms with Crippen LogP contribution < -0.4 is 16.0 Å². The molecule has 10 nitrogen and oxygen atoms in total. The lowest BCUT2D eigenvalue weighted by atomic mass is 10.2. The number of amides is 3. The van der Waals surface area contributed by atoms with E-state index < -0.39 is 29.6 Å². The quantitative estimate of drug-likeness (QED) is 0.600. The predicted molar refractivity (Wildman–Crippen MR) is 98.2 cm³/mol. The fourth-order valence-corrected chi connectivity index (χ4v) is 2.45. The summed E-state index contributed by atoms with van der Waals surface area (Å²) < 4.78 is 29.0. The van der Waals surface area contributed by atoms with Crippen LogP contribution >= 0.6 is 0 Å². The summed E-state index contributed by atoms with van der Waals surface area (Å²) in [5.74, 6) is -1.90. The first-order valence-electron chi connectivity index (χ1n) is 8.36. The predicted octanol–water partition coefficient (Wildman–Crippen LogP) is 2.18. The van der Waals surface area contributed by atoms with Gasteiger partial charge in [-0.3, -0.25) is 4.79 Å². The topological polar surface area (TPSA) is 127 Å². The highest BCUT2D eigenvalue weighted by Gasteiger charge is 2.19. The van der Waals surface area contributed by atoms with E-state index in [0.29, 0.717) is 11.9 Å². The Hall–Kier alpha value is -3.96. The number of benzene rings is 1. The van der Waals surface area contributed by atoms with E-state index in [1.54, 1.807) is 13.0 Å². The van der Waals surface area contributed by atoms with Crippen molar-refractivity contribution in [1.29, 1.82) is 0 Å². The Bertz CT molecular complexity index is 1040. The molecule has 0 radical (unpaired) electrons. The Balaban J connectivity index is 1.74. The molecule has 0 unspecified atom stereocenters. The summed E-state index contributed by atoms with van der Waals surface area (Å²) in [6.07, 6.45) is 4.34. The zero-order valence-electron chi connectivity index (χ0n) is 15.3. The Morgan fingerprint density at radius 3 is 2.34 bits per heavy atom. The van der Waals surface area contributed by atoms with Crippen molar-refractivity contribution in [2.75, 3.05) is 10.6 Å². The lowest BCUT2D eigenvalue weighted by molar-refractivity contribution is -0.114. The minimum absolute atomic E-state index is 0.261. The summed E-state index contributed by atoms with van der Waals surface area (Å²) in [4.78, 5) is 35.6. The van der Waals surface area contributed by atoms with Crippen molar-refractivity contribution in [1.82, 2.24) is 30.0 Å². The van der Waals surface area contributed by atoms with Crippen molar-refractivity contribution in [3.63, 3.8) is 0 Å². The van der Waals surface area contributed by atoms with Gasteiger partial charge in [-0.15, -0.1) is 0 Å². The number of nitrogens with one attached hydrogen (secondary N) is 3. The van der Waals surface area contributed by atoms with Gasteiger partial charge in [0.05, 0.1) is 17.4 Å². The molecule has 1 atom stereocenters. The third kappa shape index (κ3) is 4.66. The second-order valence-electron chi connectivity index (χ2n) is 5.89. The molecular weight excluding hydrogens is 386 g/mol. The molecular formula is C17H16F2N8O2. The van der Waals surface area contributed by atoms with Gasteiger partial charge in [-0.1, -0.05) is 0 Å². The van der Waals surface area contributed by atoms with Crippen molar-refractivity contribution in [2.24, 2.45) is 0 Å². The van der Waals surface area contributed by atoms with E-state index in [-0.39, 0.29) is 17.3 Å². The summed E-state index contributed by atoms with van der Waals surface area (Å²) in [5, 5.41) is 11.1. The van der Waals surface area contributed by atoms with Gasteiger partial charge in [0.25, 0.3) is 5.95 Å². The molecule has 0 saturated heterocycles. The summed E-state index contributed by atoms with van der Waals surface area (Å²) in [7, 11) is 0. The van der Waals surface area contributed by atoms with Crippen LogP contribution in [0, 0.1) is 11.6 Å². The SMILES string of the molecule is CC(=O)Nc1cc(NC(=O)N[C@@H](C)c2ncnn2-c2ncccn2)c(F)cc1F. The average molecular weight is 402 g/mol. The van der Waals surface area contributed by atoms with Crippen LogP contribution in [0.15, 0.2) is 36.9 Å². The minimum Gasteiger partial charge on any atom is -0.328 e. The number of carbonyl (C=O) groups excluding carboxylic acids is 2. The van der Waals surface area contributed by atoms with Gasteiger partial charge in [0.15, 0.2) is 5.82 Å². The van der Waals surface area contributed by atoms with E-state index in [1.807, 2.05) is 0 Å². The first kappa shape index (κ1) is 19.8. The van der Waals surface area contributed by atoms with Crippen LogP contribution in [0.25, 0.3) is 5.95 Å². The number of aromatic nitrogens is 5. The maximum Gasteiger partial charge on any atom is 0.319 e. The molecule has 0 aliphatic rings. The van der Waals surface area contributed by atoms with Crippen LogP contribution in [0.1, 0.15) is 25.7 Å². The third-order valence-corrected chi connectivity index (χ3v) is 3.67. The average Bonchev–Trinajstić information content (AvgIpc) is 3.16. The van der Waals surface area contributed by atoms with E-state index in [9.17, 15) is 18.4 Å². The molecule has 150 valence electrons. The second kappa shape index (κ2) is 8.37. The molecule has 3 N–H and O–H groups in total. The highest BCUT2D eigenvalue weighted by Crippen LogP contribution is 2.23. The lowest BCUT2D eigenvalue weighted by Gasteiger charge is -2.15. The van der Waals surface area contributed by atoms with Gasteiger partial charge in [-0.25, -0.2) is 28.5 Å². The van der Waals surface area contributed by atoms with Gasteiger partial charge in [0, 0.05) is 25.4 Å².